The van der Waals surface area contributed by atoms with Crippen molar-refractivity contribution in [3.8, 4) is 0 Å². The van der Waals surface area contributed by atoms with Crippen LogP contribution < -0.4 is 10.6 Å². The zero-order valence-electron chi connectivity index (χ0n) is 16.4. The first kappa shape index (κ1) is 23.3. The lowest BCUT2D eigenvalue weighted by molar-refractivity contribution is 0.103. The highest BCUT2D eigenvalue weighted by atomic mass is 32.2. The van der Waals surface area contributed by atoms with E-state index in [1.54, 1.807) is 6.07 Å². The SMILES string of the molecule is C=CCOC(=O)NCCSc1nc2ccc(NC(=O)c3ccc(S(C)(=O)=O)s3)cc2s1. The largest absolute Gasteiger partial charge is 0.445 e. The first-order valence-electron chi connectivity index (χ1n) is 8.92. The molecular weight excluding hydrogens is 478 g/mol. The molecule has 0 fully saturated rings. The standard InChI is InChI=1S/C19H19N3O5S4/c1-3-9-27-18(24)20-8-10-28-19-22-13-5-4-12(11-15(13)30-19)21-17(23)14-6-7-16(29-14)31(2,25)26/h3-7,11H,1,8-10H2,2H3,(H,20,24)(H,21,23). The summed E-state index contributed by atoms with van der Waals surface area (Å²) in [5, 5.41) is 5.43. The number of fused-ring (bicyclic) bond motifs is 1. The van der Waals surface area contributed by atoms with E-state index in [0.717, 1.165) is 32.1 Å². The molecule has 0 saturated heterocycles. The van der Waals surface area contributed by atoms with E-state index in [9.17, 15) is 18.0 Å². The van der Waals surface area contributed by atoms with Crippen molar-refractivity contribution in [2.75, 3.05) is 30.5 Å². The average Bonchev–Trinajstić information content (AvgIpc) is 3.36. The Morgan fingerprint density at radius 3 is 2.77 bits per heavy atom. The molecular formula is C19H19N3O5S4. The van der Waals surface area contributed by atoms with Crippen molar-refractivity contribution >= 4 is 72.2 Å². The van der Waals surface area contributed by atoms with Gasteiger partial charge in [-0.2, -0.15) is 0 Å². The number of nitrogens with one attached hydrogen (secondary N) is 2. The number of thiophene rings is 1. The fraction of sp³-hybridized carbons (Fsp3) is 0.211. The Morgan fingerprint density at radius 2 is 2.06 bits per heavy atom. The maximum Gasteiger partial charge on any atom is 0.407 e. The minimum atomic E-state index is -3.34. The van der Waals surface area contributed by atoms with Gasteiger partial charge in [0.25, 0.3) is 5.91 Å². The Labute approximate surface area is 191 Å². The molecule has 0 aliphatic rings. The van der Waals surface area contributed by atoms with Gasteiger partial charge in [0, 0.05) is 24.2 Å². The lowest BCUT2D eigenvalue weighted by Crippen LogP contribution is -2.26. The highest BCUT2D eigenvalue weighted by Gasteiger charge is 2.15. The second-order valence-electron chi connectivity index (χ2n) is 6.17. The van der Waals surface area contributed by atoms with Crippen LogP contribution in [0.5, 0.6) is 0 Å². The smallest absolute Gasteiger partial charge is 0.407 e. The molecule has 0 saturated carbocycles. The number of alkyl carbamates (subject to hydrolysis) is 1. The Balaban J connectivity index is 1.58. The first-order valence-corrected chi connectivity index (χ1v) is 13.4. The number of hydrogen-bond donors (Lipinski definition) is 2. The summed E-state index contributed by atoms with van der Waals surface area (Å²) in [4.78, 5) is 28.6. The minimum Gasteiger partial charge on any atom is -0.445 e. The van der Waals surface area contributed by atoms with Gasteiger partial charge < -0.3 is 15.4 Å². The van der Waals surface area contributed by atoms with Crippen molar-refractivity contribution in [2.24, 2.45) is 0 Å². The summed E-state index contributed by atoms with van der Waals surface area (Å²) in [6.45, 7) is 4.08. The van der Waals surface area contributed by atoms with Crippen LogP contribution in [0.2, 0.25) is 0 Å². The number of carbonyl (C=O) groups is 2. The van der Waals surface area contributed by atoms with Crippen LogP contribution in [0.15, 0.2) is 51.5 Å². The highest BCUT2D eigenvalue weighted by Crippen LogP contribution is 2.31. The van der Waals surface area contributed by atoms with Gasteiger partial charge in [0.15, 0.2) is 14.2 Å². The fourth-order valence-corrected chi connectivity index (χ4v) is 6.21. The molecule has 0 unspecified atom stereocenters. The van der Waals surface area contributed by atoms with E-state index in [1.165, 1.54) is 41.3 Å². The number of nitrogens with zero attached hydrogens (tertiary/aromatic N) is 1. The van der Waals surface area contributed by atoms with Gasteiger partial charge in [0.05, 0.1) is 15.1 Å². The highest BCUT2D eigenvalue weighted by molar-refractivity contribution is 8.01. The summed E-state index contributed by atoms with van der Waals surface area (Å²) in [6, 6.07) is 8.31. The number of amides is 2. The lowest BCUT2D eigenvalue weighted by Gasteiger charge is -2.03. The predicted molar refractivity (Wildman–Crippen MR) is 125 cm³/mol. The zero-order chi connectivity index (χ0) is 22.4. The molecule has 2 heterocycles. The van der Waals surface area contributed by atoms with Crippen molar-refractivity contribution in [2.45, 2.75) is 8.55 Å². The second-order valence-corrected chi connectivity index (χ2v) is 11.9. The normalized spacial score (nSPS) is 11.3. The van der Waals surface area contributed by atoms with Crippen molar-refractivity contribution in [3.63, 3.8) is 0 Å². The van der Waals surface area contributed by atoms with Crippen LogP contribution in [0.3, 0.4) is 0 Å². The van der Waals surface area contributed by atoms with E-state index in [4.69, 9.17) is 4.74 Å². The van der Waals surface area contributed by atoms with Gasteiger partial charge in [0.1, 0.15) is 10.8 Å². The second kappa shape index (κ2) is 10.3. The van der Waals surface area contributed by atoms with Crippen molar-refractivity contribution in [3.05, 3.63) is 47.9 Å². The van der Waals surface area contributed by atoms with Gasteiger partial charge in [-0.05, 0) is 30.3 Å². The molecule has 0 aliphatic heterocycles. The molecule has 2 aromatic heterocycles. The molecule has 0 radical (unpaired) electrons. The van der Waals surface area contributed by atoms with Gasteiger partial charge in [-0.25, -0.2) is 18.2 Å². The molecule has 0 aliphatic carbocycles. The summed E-state index contributed by atoms with van der Waals surface area (Å²) in [5.41, 5.74) is 1.40. The topological polar surface area (TPSA) is 114 Å². The van der Waals surface area contributed by atoms with Gasteiger partial charge in [0.2, 0.25) is 0 Å². The third-order valence-electron chi connectivity index (χ3n) is 3.73. The van der Waals surface area contributed by atoms with Crippen molar-refractivity contribution in [1.82, 2.24) is 10.3 Å². The summed E-state index contributed by atoms with van der Waals surface area (Å²) in [7, 11) is -3.34. The predicted octanol–water partition coefficient (Wildman–Crippen LogP) is 4.02. The third-order valence-corrected chi connectivity index (χ3v) is 8.79. The van der Waals surface area contributed by atoms with Crippen LogP contribution in [0, 0.1) is 0 Å². The molecule has 12 heteroatoms. The van der Waals surface area contributed by atoms with E-state index < -0.39 is 15.9 Å². The molecule has 2 N–H and O–H groups in total. The summed E-state index contributed by atoms with van der Waals surface area (Å²) in [5.74, 6) is 0.265. The number of benzene rings is 1. The molecule has 0 bridgehead atoms. The van der Waals surface area contributed by atoms with Gasteiger partial charge in [-0.15, -0.1) is 22.7 Å². The summed E-state index contributed by atoms with van der Waals surface area (Å²) in [6.07, 6.45) is 2.12. The van der Waals surface area contributed by atoms with Gasteiger partial charge in [-0.3, -0.25) is 4.79 Å². The number of anilines is 1. The Hall–Kier alpha value is -2.41. The number of hydrogen-bond acceptors (Lipinski definition) is 9. The molecule has 8 nitrogen and oxygen atoms in total. The first-order chi connectivity index (χ1) is 14.8. The van der Waals surface area contributed by atoms with E-state index in [-0.39, 0.29) is 16.7 Å². The molecule has 164 valence electrons. The zero-order valence-corrected chi connectivity index (χ0v) is 19.7. The van der Waals surface area contributed by atoms with Crippen LogP contribution in [-0.2, 0) is 14.6 Å². The van der Waals surface area contributed by atoms with E-state index in [0.29, 0.717) is 22.9 Å². The van der Waals surface area contributed by atoms with Gasteiger partial charge >= 0.3 is 6.09 Å². The van der Waals surface area contributed by atoms with Crippen LogP contribution in [0.1, 0.15) is 9.67 Å². The number of sulfone groups is 1. The third kappa shape index (κ3) is 6.53. The Morgan fingerprint density at radius 1 is 1.26 bits per heavy atom. The number of ether oxygens (including phenoxy) is 1. The van der Waals surface area contributed by atoms with E-state index in [2.05, 4.69) is 22.2 Å². The maximum absolute atomic E-state index is 12.4. The molecule has 1 aromatic carbocycles. The Bertz CT molecular complexity index is 1220. The molecule has 2 amide bonds. The molecule has 31 heavy (non-hydrogen) atoms. The molecule has 0 atom stereocenters. The minimum absolute atomic E-state index is 0.153. The number of carbonyl (C=O) groups excluding carboxylic acids is 2. The van der Waals surface area contributed by atoms with Crippen LogP contribution in [0.4, 0.5) is 10.5 Å². The van der Waals surface area contributed by atoms with Gasteiger partial charge in [-0.1, -0.05) is 24.4 Å². The van der Waals surface area contributed by atoms with E-state index >= 15 is 0 Å². The van der Waals surface area contributed by atoms with Crippen LogP contribution in [0.25, 0.3) is 10.2 Å². The molecule has 3 rings (SSSR count). The number of rotatable bonds is 9. The maximum atomic E-state index is 12.4. The molecule has 0 spiro atoms. The van der Waals surface area contributed by atoms with E-state index in [1.807, 2.05) is 12.1 Å². The lowest BCUT2D eigenvalue weighted by atomic mass is 10.3. The number of thioether (sulfide) groups is 1. The number of aromatic nitrogens is 1. The van der Waals surface area contributed by atoms with Crippen LogP contribution in [-0.4, -0.2) is 50.6 Å². The van der Waals surface area contributed by atoms with Crippen molar-refractivity contribution in [1.29, 1.82) is 0 Å². The fourth-order valence-electron chi connectivity index (χ4n) is 2.35. The Kier molecular flexibility index (Phi) is 7.70. The quantitative estimate of drug-likeness (QED) is 0.261. The molecule has 3 aromatic rings. The number of thiazole rings is 1. The average molecular weight is 498 g/mol. The summed E-state index contributed by atoms with van der Waals surface area (Å²) >= 11 is 3.92. The van der Waals surface area contributed by atoms with Crippen molar-refractivity contribution < 1.29 is 22.7 Å². The monoisotopic (exact) mass is 497 g/mol. The summed E-state index contributed by atoms with van der Waals surface area (Å²) < 4.78 is 29.9. The van der Waals surface area contributed by atoms with Crippen LogP contribution >= 0.6 is 34.4 Å².